The van der Waals surface area contributed by atoms with Crippen LogP contribution in [0, 0.1) is 5.92 Å². The Bertz CT molecular complexity index is 459. The minimum absolute atomic E-state index is 0.0680. The van der Waals surface area contributed by atoms with Gasteiger partial charge in [-0.2, -0.15) is 0 Å². The minimum atomic E-state index is -0.785. The van der Waals surface area contributed by atoms with Crippen LogP contribution in [0.3, 0.4) is 0 Å². The van der Waals surface area contributed by atoms with Crippen LogP contribution < -0.4 is 9.47 Å². The lowest BCUT2D eigenvalue weighted by Gasteiger charge is -2.16. The number of carboxylic acid groups (broad SMARTS) is 1. The molecule has 0 radical (unpaired) electrons. The summed E-state index contributed by atoms with van der Waals surface area (Å²) in [6, 6.07) is 5.60. The second kappa shape index (κ2) is 6.19. The fraction of sp³-hybridized carbons (Fsp3) is 0.500. The molecule has 1 atom stereocenters. The van der Waals surface area contributed by atoms with Crippen LogP contribution in [0.15, 0.2) is 23.1 Å². The molecule has 1 heterocycles. The van der Waals surface area contributed by atoms with Crippen LogP contribution in [0.25, 0.3) is 0 Å². The molecule has 0 spiro atoms. The van der Waals surface area contributed by atoms with Gasteiger partial charge in [-0.1, -0.05) is 13.8 Å². The molecule has 0 saturated heterocycles. The highest BCUT2D eigenvalue weighted by atomic mass is 32.2. The molecule has 0 bridgehead atoms. The van der Waals surface area contributed by atoms with E-state index in [0.29, 0.717) is 19.0 Å². The molecule has 1 aliphatic heterocycles. The Morgan fingerprint density at radius 2 is 1.95 bits per heavy atom. The van der Waals surface area contributed by atoms with E-state index in [1.807, 2.05) is 32.0 Å². The second-order valence-electron chi connectivity index (χ2n) is 4.78. The van der Waals surface area contributed by atoms with Gasteiger partial charge < -0.3 is 14.6 Å². The summed E-state index contributed by atoms with van der Waals surface area (Å²) in [6.45, 7) is 5.11. The molecule has 1 unspecified atom stereocenters. The van der Waals surface area contributed by atoms with E-state index in [9.17, 15) is 9.90 Å². The molecule has 0 amide bonds. The van der Waals surface area contributed by atoms with Gasteiger partial charge in [0, 0.05) is 11.3 Å². The monoisotopic (exact) mass is 282 g/mol. The molecule has 1 aliphatic rings. The van der Waals surface area contributed by atoms with Gasteiger partial charge in [-0.25, -0.2) is 0 Å². The maximum Gasteiger partial charge on any atom is 0.317 e. The van der Waals surface area contributed by atoms with Crippen molar-refractivity contribution in [2.45, 2.75) is 30.4 Å². The van der Waals surface area contributed by atoms with Gasteiger partial charge in [-0.05, 0) is 24.1 Å². The SMILES string of the molecule is CC(C)C(Sc1ccc2c(c1)OCCCO2)C(=O)O. The largest absolute Gasteiger partial charge is 0.490 e. The molecule has 2 rings (SSSR count). The second-order valence-corrected chi connectivity index (χ2v) is 5.99. The van der Waals surface area contributed by atoms with E-state index in [1.54, 1.807) is 0 Å². The molecule has 104 valence electrons. The topological polar surface area (TPSA) is 55.8 Å². The normalized spacial score (nSPS) is 15.9. The van der Waals surface area contributed by atoms with Crippen LogP contribution in [0.5, 0.6) is 11.5 Å². The van der Waals surface area contributed by atoms with Crippen molar-refractivity contribution in [2.24, 2.45) is 5.92 Å². The summed E-state index contributed by atoms with van der Waals surface area (Å²) in [5.74, 6) is 0.722. The van der Waals surface area contributed by atoms with Crippen molar-refractivity contribution in [3.05, 3.63) is 18.2 Å². The summed E-state index contributed by atoms with van der Waals surface area (Å²) >= 11 is 1.35. The maximum atomic E-state index is 11.2. The highest BCUT2D eigenvalue weighted by molar-refractivity contribution is 8.00. The van der Waals surface area contributed by atoms with Crippen molar-refractivity contribution in [1.82, 2.24) is 0 Å². The van der Waals surface area contributed by atoms with Gasteiger partial charge in [0.25, 0.3) is 0 Å². The van der Waals surface area contributed by atoms with E-state index >= 15 is 0 Å². The lowest BCUT2D eigenvalue weighted by atomic mass is 10.1. The first kappa shape index (κ1) is 14.1. The molecule has 1 aromatic rings. The Kier molecular flexibility index (Phi) is 4.58. The van der Waals surface area contributed by atoms with E-state index < -0.39 is 11.2 Å². The zero-order valence-corrected chi connectivity index (χ0v) is 11.9. The Morgan fingerprint density at radius 3 is 2.58 bits per heavy atom. The first-order valence-corrected chi connectivity index (χ1v) is 7.25. The lowest BCUT2D eigenvalue weighted by molar-refractivity contribution is -0.137. The number of aliphatic carboxylic acids is 1. The molecule has 1 aromatic carbocycles. The third-order valence-electron chi connectivity index (χ3n) is 2.83. The molecule has 1 N–H and O–H groups in total. The van der Waals surface area contributed by atoms with Gasteiger partial charge in [0.15, 0.2) is 11.5 Å². The number of fused-ring (bicyclic) bond motifs is 1. The van der Waals surface area contributed by atoms with Crippen LogP contribution >= 0.6 is 11.8 Å². The Morgan fingerprint density at radius 1 is 1.26 bits per heavy atom. The third-order valence-corrected chi connectivity index (χ3v) is 4.36. The van der Waals surface area contributed by atoms with Crippen molar-refractivity contribution in [3.8, 4) is 11.5 Å². The molecule has 0 fully saturated rings. The summed E-state index contributed by atoms with van der Waals surface area (Å²) in [6.07, 6.45) is 0.862. The summed E-state index contributed by atoms with van der Waals surface area (Å²) in [4.78, 5) is 12.1. The average molecular weight is 282 g/mol. The van der Waals surface area contributed by atoms with Crippen LogP contribution in [-0.2, 0) is 4.79 Å². The van der Waals surface area contributed by atoms with Crippen molar-refractivity contribution in [3.63, 3.8) is 0 Å². The quantitative estimate of drug-likeness (QED) is 0.860. The molecule has 19 heavy (non-hydrogen) atoms. The standard InChI is InChI=1S/C14H18O4S/c1-9(2)13(14(15)16)19-10-4-5-11-12(8-10)18-7-3-6-17-11/h4-5,8-9,13H,3,6-7H2,1-2H3,(H,15,16). The van der Waals surface area contributed by atoms with Crippen LogP contribution in [0.1, 0.15) is 20.3 Å². The lowest BCUT2D eigenvalue weighted by Crippen LogP contribution is -2.22. The number of benzene rings is 1. The highest BCUT2D eigenvalue weighted by Gasteiger charge is 2.23. The smallest absolute Gasteiger partial charge is 0.317 e. The zero-order chi connectivity index (χ0) is 13.8. The Balaban J connectivity index is 2.17. The first-order chi connectivity index (χ1) is 9.08. The van der Waals surface area contributed by atoms with Crippen LogP contribution in [0.2, 0.25) is 0 Å². The number of carbonyl (C=O) groups is 1. The molecule has 5 heteroatoms. The van der Waals surface area contributed by atoms with E-state index in [4.69, 9.17) is 9.47 Å². The Hall–Kier alpha value is -1.36. The summed E-state index contributed by atoms with van der Waals surface area (Å²) in [5.41, 5.74) is 0. The van der Waals surface area contributed by atoms with Crippen molar-refractivity contribution >= 4 is 17.7 Å². The minimum Gasteiger partial charge on any atom is -0.490 e. The van der Waals surface area contributed by atoms with E-state index in [2.05, 4.69) is 0 Å². The van der Waals surface area contributed by atoms with Gasteiger partial charge in [0.05, 0.1) is 13.2 Å². The summed E-state index contributed by atoms with van der Waals surface area (Å²) < 4.78 is 11.2. The fourth-order valence-electron chi connectivity index (χ4n) is 1.84. The van der Waals surface area contributed by atoms with Crippen LogP contribution in [0.4, 0.5) is 0 Å². The number of thioether (sulfide) groups is 1. The van der Waals surface area contributed by atoms with Crippen molar-refractivity contribution in [1.29, 1.82) is 0 Å². The number of rotatable bonds is 4. The number of ether oxygens (including phenoxy) is 2. The van der Waals surface area contributed by atoms with Gasteiger partial charge >= 0.3 is 5.97 Å². The molecular formula is C14H18O4S. The van der Waals surface area contributed by atoms with Crippen molar-refractivity contribution in [2.75, 3.05) is 13.2 Å². The average Bonchev–Trinajstić information content (AvgIpc) is 2.59. The maximum absolute atomic E-state index is 11.2. The number of carboxylic acids is 1. The highest BCUT2D eigenvalue weighted by Crippen LogP contribution is 2.36. The molecule has 0 saturated carbocycles. The predicted molar refractivity (Wildman–Crippen MR) is 74.2 cm³/mol. The number of hydrogen-bond acceptors (Lipinski definition) is 4. The molecule has 0 aliphatic carbocycles. The summed E-state index contributed by atoms with van der Waals surface area (Å²) in [7, 11) is 0. The molecular weight excluding hydrogens is 264 g/mol. The van der Waals surface area contributed by atoms with Gasteiger partial charge in [-0.15, -0.1) is 11.8 Å². The van der Waals surface area contributed by atoms with E-state index in [0.717, 1.165) is 17.1 Å². The van der Waals surface area contributed by atoms with Gasteiger partial charge in [-0.3, -0.25) is 4.79 Å². The summed E-state index contributed by atoms with van der Waals surface area (Å²) in [5, 5.41) is 8.76. The van der Waals surface area contributed by atoms with Gasteiger partial charge in [0.2, 0.25) is 0 Å². The van der Waals surface area contributed by atoms with E-state index in [1.165, 1.54) is 11.8 Å². The van der Waals surface area contributed by atoms with E-state index in [-0.39, 0.29) is 5.92 Å². The van der Waals surface area contributed by atoms with Crippen LogP contribution in [-0.4, -0.2) is 29.5 Å². The van der Waals surface area contributed by atoms with Crippen molar-refractivity contribution < 1.29 is 19.4 Å². The predicted octanol–water partition coefficient (Wildman–Crippen LogP) is 3.05. The molecule has 4 nitrogen and oxygen atoms in total. The zero-order valence-electron chi connectivity index (χ0n) is 11.1. The first-order valence-electron chi connectivity index (χ1n) is 6.37. The fourth-order valence-corrected chi connectivity index (χ4v) is 2.82. The Labute approximate surface area is 117 Å². The number of hydrogen-bond donors (Lipinski definition) is 1. The third kappa shape index (κ3) is 3.56. The molecule has 0 aromatic heterocycles. The van der Waals surface area contributed by atoms with Gasteiger partial charge in [0.1, 0.15) is 5.25 Å².